The molecule has 1 aliphatic rings. The van der Waals surface area contributed by atoms with Crippen LogP contribution in [0, 0.1) is 0 Å². The van der Waals surface area contributed by atoms with Gasteiger partial charge in [0.25, 0.3) is 0 Å². The summed E-state index contributed by atoms with van der Waals surface area (Å²) in [5, 5.41) is 0. The number of unbranched alkanes of at least 4 members (excludes halogenated alkanes) is 8. The van der Waals surface area contributed by atoms with E-state index in [9.17, 15) is 4.79 Å². The fourth-order valence-corrected chi connectivity index (χ4v) is 3.10. The second-order valence-electron chi connectivity index (χ2n) is 6.05. The van der Waals surface area contributed by atoms with Crippen LogP contribution in [0.3, 0.4) is 0 Å². The molecule has 1 unspecified atom stereocenters. The maximum absolute atomic E-state index is 12.2. The first-order chi connectivity index (χ1) is 10.3. The summed E-state index contributed by atoms with van der Waals surface area (Å²) in [5.74, 6) is 0.732. The molecule has 0 aromatic rings. The number of morpholine rings is 1. The Kier molecular flexibility index (Phi) is 11.0. The van der Waals surface area contributed by atoms with Crippen LogP contribution in [0.1, 0.15) is 71.1 Å². The van der Waals surface area contributed by atoms with Crippen molar-refractivity contribution < 1.29 is 9.53 Å². The van der Waals surface area contributed by atoms with Crippen LogP contribution in [0.5, 0.6) is 0 Å². The predicted octanol–water partition coefficient (Wildman–Crippen LogP) is 4.37. The minimum absolute atomic E-state index is 0.0754. The summed E-state index contributed by atoms with van der Waals surface area (Å²) < 4.78 is 5.37. The molecule has 0 aliphatic carbocycles. The number of rotatable bonds is 11. The second kappa shape index (κ2) is 12.3. The normalized spacial score (nSPS) is 19.0. The van der Waals surface area contributed by atoms with Gasteiger partial charge in [0.2, 0.25) is 5.91 Å². The van der Waals surface area contributed by atoms with Gasteiger partial charge in [0.05, 0.1) is 19.3 Å². The Morgan fingerprint density at radius 3 is 2.33 bits per heavy atom. The molecular formula is C17H32ClNO2. The molecule has 4 heteroatoms. The average molecular weight is 318 g/mol. The molecule has 1 amide bonds. The molecule has 1 fully saturated rings. The van der Waals surface area contributed by atoms with Gasteiger partial charge in [-0.1, -0.05) is 58.3 Å². The van der Waals surface area contributed by atoms with Crippen molar-refractivity contribution in [2.75, 3.05) is 25.6 Å². The van der Waals surface area contributed by atoms with Crippen LogP contribution in [-0.4, -0.2) is 42.5 Å². The molecule has 0 bridgehead atoms. The molecule has 1 aliphatic heterocycles. The molecule has 0 aromatic carbocycles. The molecule has 0 spiro atoms. The summed E-state index contributed by atoms with van der Waals surface area (Å²) in [6.07, 6.45) is 12.2. The zero-order valence-electron chi connectivity index (χ0n) is 13.6. The molecule has 124 valence electrons. The van der Waals surface area contributed by atoms with Crippen molar-refractivity contribution in [1.82, 2.24) is 4.90 Å². The highest BCUT2D eigenvalue weighted by atomic mass is 35.5. The quantitative estimate of drug-likeness (QED) is 0.418. The van der Waals surface area contributed by atoms with Crippen LogP contribution < -0.4 is 0 Å². The van der Waals surface area contributed by atoms with E-state index in [4.69, 9.17) is 16.3 Å². The first-order valence-electron chi connectivity index (χ1n) is 8.72. The highest BCUT2D eigenvalue weighted by molar-refractivity contribution is 6.18. The zero-order chi connectivity index (χ0) is 15.3. The van der Waals surface area contributed by atoms with Crippen LogP contribution in [0.2, 0.25) is 0 Å². The zero-order valence-corrected chi connectivity index (χ0v) is 14.4. The summed E-state index contributed by atoms with van der Waals surface area (Å²) >= 11 is 5.90. The second-order valence-corrected chi connectivity index (χ2v) is 6.36. The van der Waals surface area contributed by atoms with Gasteiger partial charge in [0.15, 0.2) is 0 Å². The lowest BCUT2D eigenvalue weighted by molar-refractivity contribution is -0.139. The van der Waals surface area contributed by atoms with Gasteiger partial charge in [-0.25, -0.2) is 0 Å². The first kappa shape index (κ1) is 18.8. The van der Waals surface area contributed by atoms with E-state index in [-0.39, 0.29) is 11.9 Å². The lowest BCUT2D eigenvalue weighted by Crippen LogP contribution is -2.49. The Morgan fingerprint density at radius 1 is 1.10 bits per heavy atom. The van der Waals surface area contributed by atoms with Gasteiger partial charge >= 0.3 is 0 Å². The number of ether oxygens (including phenoxy) is 1. The Bertz CT molecular complexity index is 274. The molecule has 0 saturated carbocycles. The number of nitrogens with zero attached hydrogens (tertiary/aromatic N) is 1. The summed E-state index contributed by atoms with van der Waals surface area (Å²) in [6.45, 7) is 4.19. The molecule has 3 nitrogen and oxygen atoms in total. The molecule has 1 heterocycles. The van der Waals surface area contributed by atoms with Crippen molar-refractivity contribution in [3.63, 3.8) is 0 Å². The van der Waals surface area contributed by atoms with Gasteiger partial charge in [0, 0.05) is 18.8 Å². The highest BCUT2D eigenvalue weighted by Crippen LogP contribution is 2.14. The standard InChI is InChI=1S/C17H32ClNO2/c1-2-3-4-5-6-7-8-9-10-11-17(20)19-12-13-21-15-16(19)14-18/h16H,2-15H2,1H3. The summed E-state index contributed by atoms with van der Waals surface area (Å²) in [4.78, 5) is 14.1. The molecule has 21 heavy (non-hydrogen) atoms. The number of amides is 1. The number of hydrogen-bond donors (Lipinski definition) is 0. The fraction of sp³-hybridized carbons (Fsp3) is 0.941. The minimum atomic E-state index is 0.0754. The maximum Gasteiger partial charge on any atom is 0.223 e. The van der Waals surface area contributed by atoms with Crippen LogP contribution in [0.4, 0.5) is 0 Å². The maximum atomic E-state index is 12.2. The minimum Gasteiger partial charge on any atom is -0.377 e. The monoisotopic (exact) mass is 317 g/mol. The van der Waals surface area contributed by atoms with E-state index in [1.807, 2.05) is 4.90 Å². The number of carbonyl (C=O) groups excluding carboxylic acids is 1. The molecule has 0 radical (unpaired) electrons. The Balaban J connectivity index is 2.00. The van der Waals surface area contributed by atoms with Crippen LogP contribution in [0.25, 0.3) is 0 Å². The Labute approximate surface area is 135 Å². The van der Waals surface area contributed by atoms with E-state index in [1.165, 1.54) is 51.4 Å². The van der Waals surface area contributed by atoms with Crippen molar-refractivity contribution in [2.24, 2.45) is 0 Å². The number of halogens is 1. The third-order valence-electron chi connectivity index (χ3n) is 4.22. The molecule has 0 N–H and O–H groups in total. The van der Waals surface area contributed by atoms with Crippen molar-refractivity contribution in [3.05, 3.63) is 0 Å². The van der Waals surface area contributed by atoms with Gasteiger partial charge in [-0.05, 0) is 6.42 Å². The predicted molar refractivity (Wildman–Crippen MR) is 88.9 cm³/mol. The lowest BCUT2D eigenvalue weighted by Gasteiger charge is -2.34. The van der Waals surface area contributed by atoms with Crippen LogP contribution in [0.15, 0.2) is 0 Å². The molecule has 1 rings (SSSR count). The van der Waals surface area contributed by atoms with Crippen LogP contribution >= 0.6 is 11.6 Å². The van der Waals surface area contributed by atoms with Crippen molar-refractivity contribution in [1.29, 1.82) is 0 Å². The molecular weight excluding hydrogens is 286 g/mol. The van der Waals surface area contributed by atoms with Crippen molar-refractivity contribution >= 4 is 17.5 Å². The van der Waals surface area contributed by atoms with E-state index < -0.39 is 0 Å². The topological polar surface area (TPSA) is 29.5 Å². The number of hydrogen-bond acceptors (Lipinski definition) is 2. The van der Waals surface area contributed by atoms with Gasteiger partial charge in [0.1, 0.15) is 0 Å². The van der Waals surface area contributed by atoms with Gasteiger partial charge in [-0.15, -0.1) is 11.6 Å². The van der Waals surface area contributed by atoms with E-state index in [0.29, 0.717) is 32.1 Å². The number of carbonyl (C=O) groups is 1. The highest BCUT2D eigenvalue weighted by Gasteiger charge is 2.25. The van der Waals surface area contributed by atoms with Crippen molar-refractivity contribution in [3.8, 4) is 0 Å². The SMILES string of the molecule is CCCCCCCCCCCC(=O)N1CCOCC1CCl. The third-order valence-corrected chi connectivity index (χ3v) is 4.58. The van der Waals surface area contributed by atoms with Gasteiger partial charge in [-0.3, -0.25) is 4.79 Å². The fourth-order valence-electron chi connectivity index (χ4n) is 2.84. The molecule has 1 saturated heterocycles. The Morgan fingerprint density at radius 2 is 1.71 bits per heavy atom. The van der Waals surface area contributed by atoms with E-state index in [0.717, 1.165) is 6.42 Å². The Hall–Kier alpha value is -0.280. The van der Waals surface area contributed by atoms with Gasteiger partial charge in [-0.2, -0.15) is 0 Å². The smallest absolute Gasteiger partial charge is 0.223 e. The van der Waals surface area contributed by atoms with Crippen molar-refractivity contribution in [2.45, 2.75) is 77.2 Å². The largest absolute Gasteiger partial charge is 0.377 e. The van der Waals surface area contributed by atoms with E-state index >= 15 is 0 Å². The van der Waals surface area contributed by atoms with Crippen LogP contribution in [-0.2, 0) is 9.53 Å². The van der Waals surface area contributed by atoms with E-state index in [2.05, 4.69) is 6.92 Å². The molecule has 0 aromatic heterocycles. The first-order valence-corrected chi connectivity index (χ1v) is 9.26. The summed E-state index contributed by atoms with van der Waals surface area (Å²) in [5.41, 5.74) is 0. The third kappa shape index (κ3) is 8.06. The summed E-state index contributed by atoms with van der Waals surface area (Å²) in [7, 11) is 0. The summed E-state index contributed by atoms with van der Waals surface area (Å²) in [6, 6.07) is 0.0754. The lowest BCUT2D eigenvalue weighted by atomic mass is 10.1. The van der Waals surface area contributed by atoms with E-state index in [1.54, 1.807) is 0 Å². The average Bonchev–Trinajstić information content (AvgIpc) is 2.53. The molecule has 1 atom stereocenters. The number of alkyl halides is 1. The van der Waals surface area contributed by atoms with Gasteiger partial charge < -0.3 is 9.64 Å².